The van der Waals surface area contributed by atoms with Crippen LogP contribution in [0.3, 0.4) is 0 Å². The van der Waals surface area contributed by atoms with E-state index in [0.29, 0.717) is 6.42 Å². The summed E-state index contributed by atoms with van der Waals surface area (Å²) < 4.78 is 37.3. The summed E-state index contributed by atoms with van der Waals surface area (Å²) in [5.41, 5.74) is 0.307. The van der Waals surface area contributed by atoms with Gasteiger partial charge >= 0.3 is 6.18 Å². The lowest BCUT2D eigenvalue weighted by molar-refractivity contribution is -0.137. The third-order valence-electron chi connectivity index (χ3n) is 2.90. The Morgan fingerprint density at radius 2 is 1.89 bits per heavy atom. The first kappa shape index (κ1) is 15.8. The minimum absolute atomic E-state index is 0.231. The zero-order chi connectivity index (χ0) is 14.3. The molecule has 0 bridgehead atoms. The number of rotatable bonds is 7. The van der Waals surface area contributed by atoms with Gasteiger partial charge in [-0.3, -0.25) is 0 Å². The van der Waals surface area contributed by atoms with Gasteiger partial charge < -0.3 is 5.32 Å². The molecule has 0 spiro atoms. The van der Waals surface area contributed by atoms with E-state index in [4.69, 9.17) is 0 Å². The average molecular weight is 271 g/mol. The van der Waals surface area contributed by atoms with Gasteiger partial charge in [-0.2, -0.15) is 13.2 Å². The average Bonchev–Trinajstić information content (AvgIpc) is 2.36. The summed E-state index contributed by atoms with van der Waals surface area (Å²) in [6.07, 6.45) is 0.114. The highest BCUT2D eigenvalue weighted by atomic mass is 19.4. The lowest BCUT2D eigenvalue weighted by atomic mass is 10.0. The molecule has 0 aliphatic rings. The third-order valence-corrected chi connectivity index (χ3v) is 2.90. The summed E-state index contributed by atoms with van der Waals surface area (Å²) in [5, 5.41) is 3.37. The van der Waals surface area contributed by atoms with Crippen molar-refractivity contribution >= 4 is 0 Å². The highest BCUT2D eigenvalue weighted by Gasteiger charge is 2.29. The van der Waals surface area contributed by atoms with E-state index in [0.717, 1.165) is 37.1 Å². The van der Waals surface area contributed by atoms with Gasteiger partial charge in [0.05, 0.1) is 5.56 Å². The van der Waals surface area contributed by atoms with Crippen LogP contribution in [0, 0.1) is 0 Å². The van der Waals surface area contributed by atoms with E-state index in [9.17, 15) is 13.2 Å². The Kier molecular flexibility index (Phi) is 6.09. The van der Waals surface area contributed by atoms with E-state index >= 15 is 0 Å². The number of benzene rings is 1. The Morgan fingerprint density at radius 3 is 2.37 bits per heavy atom. The van der Waals surface area contributed by atoms with Crippen molar-refractivity contribution in [2.75, 3.05) is 6.54 Å². The highest BCUT2D eigenvalue weighted by Crippen LogP contribution is 2.29. The van der Waals surface area contributed by atoms with Gasteiger partial charge in [-0.1, -0.05) is 25.1 Å². The van der Waals surface area contributed by atoms with Crippen molar-refractivity contribution in [3.8, 4) is 0 Å². The van der Waals surface area contributed by atoms with Crippen LogP contribution in [0.4, 0.5) is 13.2 Å². The van der Waals surface area contributed by atoms with Crippen molar-refractivity contribution in [1.29, 1.82) is 0 Å². The van der Waals surface area contributed by atoms with Crippen molar-refractivity contribution in [1.82, 2.24) is 5.32 Å². The number of hydrogen-bond acceptors (Lipinski definition) is 1. The molecule has 1 aromatic rings. The first-order valence-electron chi connectivity index (χ1n) is 6.47. The van der Waals surface area contributed by atoms with Gasteiger partial charge in [-0.15, -0.1) is 6.58 Å². The predicted octanol–water partition coefficient (Wildman–Crippen LogP) is 4.19. The second kappa shape index (κ2) is 7.34. The van der Waals surface area contributed by atoms with Crippen LogP contribution in [-0.2, 0) is 12.6 Å². The monoisotopic (exact) mass is 271 g/mol. The van der Waals surface area contributed by atoms with Gasteiger partial charge in [0.2, 0.25) is 0 Å². The van der Waals surface area contributed by atoms with Gasteiger partial charge in [-0.05, 0) is 43.5 Å². The number of nitrogens with one attached hydrogen (secondary N) is 1. The molecule has 19 heavy (non-hydrogen) atoms. The van der Waals surface area contributed by atoms with Gasteiger partial charge in [-0.25, -0.2) is 0 Å². The molecule has 106 valence electrons. The topological polar surface area (TPSA) is 12.0 Å². The van der Waals surface area contributed by atoms with Crippen LogP contribution in [-0.4, -0.2) is 12.6 Å². The van der Waals surface area contributed by atoms with Gasteiger partial charge in [0.15, 0.2) is 0 Å². The van der Waals surface area contributed by atoms with Crippen LogP contribution in [0.2, 0.25) is 0 Å². The fraction of sp³-hybridized carbons (Fsp3) is 0.467. The van der Waals surface area contributed by atoms with Gasteiger partial charge in [0.25, 0.3) is 0 Å². The third kappa shape index (κ3) is 5.47. The molecular weight excluding hydrogens is 251 g/mol. The van der Waals surface area contributed by atoms with E-state index in [1.165, 1.54) is 0 Å². The van der Waals surface area contributed by atoms with E-state index in [-0.39, 0.29) is 6.04 Å². The molecule has 0 aromatic heterocycles. The van der Waals surface area contributed by atoms with Crippen LogP contribution in [0.25, 0.3) is 0 Å². The molecule has 0 fully saturated rings. The van der Waals surface area contributed by atoms with Crippen molar-refractivity contribution < 1.29 is 13.2 Å². The Hall–Kier alpha value is -1.29. The Bertz CT molecular complexity index is 381. The smallest absolute Gasteiger partial charge is 0.313 e. The lowest BCUT2D eigenvalue weighted by Crippen LogP contribution is -2.31. The fourth-order valence-corrected chi connectivity index (χ4v) is 1.90. The van der Waals surface area contributed by atoms with Crippen molar-refractivity contribution in [2.24, 2.45) is 0 Å². The highest BCUT2D eigenvalue weighted by molar-refractivity contribution is 5.25. The molecule has 0 radical (unpaired) electrons. The summed E-state index contributed by atoms with van der Waals surface area (Å²) in [6.45, 7) is 6.69. The molecule has 0 saturated carbocycles. The molecule has 1 rings (SSSR count). The lowest BCUT2D eigenvalue weighted by Gasteiger charge is -2.17. The standard InChI is InChI=1S/C15H20F3N/c1-3-5-14(19-10-4-2)11-12-6-8-13(9-7-12)15(16,17)18/h3,6-9,14,19H,1,4-5,10-11H2,2H3. The Balaban J connectivity index is 2.66. The molecule has 1 N–H and O–H groups in total. The van der Waals surface area contributed by atoms with Crippen molar-refractivity contribution in [3.05, 3.63) is 48.0 Å². The molecule has 0 amide bonds. The minimum atomic E-state index is -4.26. The fourth-order valence-electron chi connectivity index (χ4n) is 1.90. The second-order valence-electron chi connectivity index (χ2n) is 4.57. The summed E-state index contributed by atoms with van der Waals surface area (Å²) in [6, 6.07) is 5.61. The first-order chi connectivity index (χ1) is 8.97. The molecule has 0 heterocycles. The SMILES string of the molecule is C=CCC(Cc1ccc(C(F)(F)F)cc1)NCCC. The summed E-state index contributed by atoms with van der Waals surface area (Å²) in [7, 11) is 0. The summed E-state index contributed by atoms with van der Waals surface area (Å²) in [4.78, 5) is 0. The molecule has 1 unspecified atom stereocenters. The molecule has 0 saturated heterocycles. The molecule has 1 atom stereocenters. The molecular formula is C15H20F3N. The molecule has 0 aliphatic heterocycles. The number of hydrogen-bond donors (Lipinski definition) is 1. The molecule has 1 nitrogen and oxygen atoms in total. The van der Waals surface area contributed by atoms with Crippen LogP contribution in [0.5, 0.6) is 0 Å². The van der Waals surface area contributed by atoms with Crippen molar-refractivity contribution in [2.45, 2.75) is 38.4 Å². The van der Waals surface area contributed by atoms with Gasteiger partial charge in [0, 0.05) is 6.04 Å². The number of alkyl halides is 3. The van der Waals surface area contributed by atoms with Gasteiger partial charge in [0.1, 0.15) is 0 Å². The molecule has 4 heteroatoms. The second-order valence-corrected chi connectivity index (χ2v) is 4.57. The van der Waals surface area contributed by atoms with E-state index < -0.39 is 11.7 Å². The Morgan fingerprint density at radius 1 is 1.26 bits per heavy atom. The quantitative estimate of drug-likeness (QED) is 0.733. The largest absolute Gasteiger partial charge is 0.416 e. The maximum absolute atomic E-state index is 12.4. The minimum Gasteiger partial charge on any atom is -0.313 e. The molecule has 0 aliphatic carbocycles. The van der Waals surface area contributed by atoms with Crippen LogP contribution in [0.1, 0.15) is 30.9 Å². The summed E-state index contributed by atoms with van der Waals surface area (Å²) in [5.74, 6) is 0. The van der Waals surface area contributed by atoms with E-state index in [2.05, 4.69) is 18.8 Å². The summed E-state index contributed by atoms with van der Waals surface area (Å²) >= 11 is 0. The van der Waals surface area contributed by atoms with Crippen LogP contribution >= 0.6 is 0 Å². The maximum Gasteiger partial charge on any atom is 0.416 e. The predicted molar refractivity (Wildman–Crippen MR) is 72.0 cm³/mol. The number of halogens is 3. The van der Waals surface area contributed by atoms with Crippen LogP contribution < -0.4 is 5.32 Å². The molecule has 1 aromatic carbocycles. The zero-order valence-corrected chi connectivity index (χ0v) is 11.1. The maximum atomic E-state index is 12.4. The normalized spacial score (nSPS) is 13.3. The van der Waals surface area contributed by atoms with E-state index in [1.54, 1.807) is 12.1 Å². The zero-order valence-electron chi connectivity index (χ0n) is 11.1. The van der Waals surface area contributed by atoms with E-state index in [1.807, 2.05) is 6.08 Å². The van der Waals surface area contributed by atoms with Crippen molar-refractivity contribution in [3.63, 3.8) is 0 Å². The Labute approximate surface area is 112 Å². The van der Waals surface area contributed by atoms with Crippen LogP contribution in [0.15, 0.2) is 36.9 Å². The first-order valence-corrected chi connectivity index (χ1v) is 6.47.